The van der Waals surface area contributed by atoms with Crippen LogP contribution in [0.5, 0.6) is 0 Å². The molecule has 2 rings (SSSR count). The molecule has 1 heterocycles. The van der Waals surface area contributed by atoms with Gasteiger partial charge in [-0.15, -0.1) is 0 Å². The maximum absolute atomic E-state index is 14.0. The summed E-state index contributed by atoms with van der Waals surface area (Å²) in [6.45, 7) is 1.95. The fourth-order valence-corrected chi connectivity index (χ4v) is 1.80. The Balaban J connectivity index is 2.65. The average molecular weight is 269 g/mol. The molecule has 1 N–H and O–H groups in total. The highest BCUT2D eigenvalue weighted by Gasteiger charge is 2.23. The first-order valence-electron chi connectivity index (χ1n) is 5.30. The predicted octanol–water partition coefficient (Wildman–Crippen LogP) is 3.06. The van der Waals surface area contributed by atoms with E-state index >= 15 is 0 Å². The van der Waals surface area contributed by atoms with Gasteiger partial charge < -0.3 is 5.11 Å². The highest BCUT2D eigenvalue weighted by atomic mass is 35.5. The molecule has 0 fully saturated rings. The van der Waals surface area contributed by atoms with Crippen molar-refractivity contribution in [3.63, 3.8) is 0 Å². The van der Waals surface area contributed by atoms with Crippen LogP contribution in [-0.2, 0) is 6.54 Å². The van der Waals surface area contributed by atoms with Crippen LogP contribution in [0.1, 0.15) is 17.4 Å². The van der Waals surface area contributed by atoms with E-state index in [9.17, 15) is 9.18 Å². The summed E-state index contributed by atoms with van der Waals surface area (Å²) in [6, 6.07) is 6.28. The molecule has 0 saturated carbocycles. The molecular weight excluding hydrogens is 259 g/mol. The summed E-state index contributed by atoms with van der Waals surface area (Å²) in [6.07, 6.45) is 0. The van der Waals surface area contributed by atoms with Gasteiger partial charge in [0.25, 0.3) is 0 Å². The quantitative estimate of drug-likeness (QED) is 0.931. The summed E-state index contributed by atoms with van der Waals surface area (Å²) >= 11 is 5.74. The Morgan fingerprint density at radius 2 is 2.06 bits per heavy atom. The lowest BCUT2D eigenvalue weighted by atomic mass is 10.1. The van der Waals surface area contributed by atoms with Gasteiger partial charge in [-0.2, -0.15) is 9.49 Å². The monoisotopic (exact) mass is 268 g/mol. The molecule has 6 heteroatoms. The third kappa shape index (κ3) is 2.09. The van der Waals surface area contributed by atoms with Gasteiger partial charge in [0, 0.05) is 11.6 Å². The number of nitrogens with zero attached hydrogens (tertiary/aromatic N) is 2. The van der Waals surface area contributed by atoms with Crippen LogP contribution < -0.4 is 0 Å². The minimum atomic E-state index is -1.26. The van der Waals surface area contributed by atoms with E-state index in [4.69, 9.17) is 16.7 Å². The number of halogens is 2. The van der Waals surface area contributed by atoms with Crippen molar-refractivity contribution in [3.05, 3.63) is 40.9 Å². The second-order valence-corrected chi connectivity index (χ2v) is 4.08. The van der Waals surface area contributed by atoms with E-state index in [1.807, 2.05) is 0 Å². The van der Waals surface area contributed by atoms with Gasteiger partial charge in [0.1, 0.15) is 0 Å². The zero-order valence-electron chi connectivity index (χ0n) is 9.52. The number of hydrogen-bond acceptors (Lipinski definition) is 2. The lowest BCUT2D eigenvalue weighted by molar-refractivity contribution is 0.0690. The molecule has 4 nitrogen and oxygen atoms in total. The fraction of sp³-hybridized carbons (Fsp3) is 0.167. The van der Waals surface area contributed by atoms with Crippen molar-refractivity contribution in [2.24, 2.45) is 0 Å². The summed E-state index contributed by atoms with van der Waals surface area (Å²) in [7, 11) is 0. The van der Waals surface area contributed by atoms with E-state index in [0.29, 0.717) is 10.6 Å². The number of aryl methyl sites for hydroxylation is 1. The molecule has 0 saturated heterocycles. The topological polar surface area (TPSA) is 55.1 Å². The van der Waals surface area contributed by atoms with Gasteiger partial charge in [-0.05, 0) is 24.6 Å². The molecule has 0 atom stereocenters. The van der Waals surface area contributed by atoms with Gasteiger partial charge in [0.15, 0.2) is 5.69 Å². The van der Waals surface area contributed by atoms with Crippen molar-refractivity contribution in [1.82, 2.24) is 9.78 Å². The number of benzene rings is 1. The minimum absolute atomic E-state index is 0.0129. The van der Waals surface area contributed by atoms with Crippen molar-refractivity contribution < 1.29 is 14.3 Å². The SMILES string of the molecule is CCn1nc(C(=O)O)c(-c2ccc(Cl)cc2)c1F. The van der Waals surface area contributed by atoms with E-state index in [1.165, 1.54) is 0 Å². The summed E-state index contributed by atoms with van der Waals surface area (Å²) in [5.74, 6) is -1.91. The van der Waals surface area contributed by atoms with E-state index in [-0.39, 0.29) is 17.8 Å². The second-order valence-electron chi connectivity index (χ2n) is 3.64. The average Bonchev–Trinajstić information content (AvgIpc) is 2.68. The van der Waals surface area contributed by atoms with Crippen molar-refractivity contribution in [2.75, 3.05) is 0 Å². The van der Waals surface area contributed by atoms with Crippen LogP contribution in [0.25, 0.3) is 11.1 Å². The lowest BCUT2D eigenvalue weighted by Gasteiger charge is -2.00. The van der Waals surface area contributed by atoms with Crippen LogP contribution in [0, 0.1) is 5.95 Å². The predicted molar refractivity (Wildman–Crippen MR) is 65.3 cm³/mol. The summed E-state index contributed by atoms with van der Waals surface area (Å²) in [4.78, 5) is 11.1. The first kappa shape index (κ1) is 12.6. The minimum Gasteiger partial charge on any atom is -0.476 e. The zero-order chi connectivity index (χ0) is 13.3. The number of carbonyl (C=O) groups is 1. The first-order valence-corrected chi connectivity index (χ1v) is 5.68. The molecule has 1 aromatic carbocycles. The van der Waals surface area contributed by atoms with Gasteiger partial charge in [0.2, 0.25) is 5.95 Å². The van der Waals surface area contributed by atoms with Crippen molar-refractivity contribution in [3.8, 4) is 11.1 Å². The van der Waals surface area contributed by atoms with Crippen LogP contribution in [0.2, 0.25) is 5.02 Å². The molecular formula is C12H10ClFN2O2. The molecule has 0 bridgehead atoms. The molecule has 0 aliphatic heterocycles. The number of carboxylic acids is 1. The molecule has 0 radical (unpaired) electrons. The number of aromatic nitrogens is 2. The van der Waals surface area contributed by atoms with E-state index in [1.54, 1.807) is 31.2 Å². The second kappa shape index (κ2) is 4.78. The molecule has 94 valence electrons. The zero-order valence-corrected chi connectivity index (χ0v) is 10.3. The van der Waals surface area contributed by atoms with Crippen LogP contribution >= 0.6 is 11.6 Å². The molecule has 0 unspecified atom stereocenters. The first-order chi connectivity index (χ1) is 8.54. The third-order valence-corrected chi connectivity index (χ3v) is 2.78. The van der Waals surface area contributed by atoms with Crippen LogP contribution in [0.4, 0.5) is 4.39 Å². The molecule has 18 heavy (non-hydrogen) atoms. The summed E-state index contributed by atoms with van der Waals surface area (Å²) < 4.78 is 15.1. The van der Waals surface area contributed by atoms with Gasteiger partial charge in [-0.1, -0.05) is 23.7 Å². The Morgan fingerprint density at radius 3 is 2.56 bits per heavy atom. The number of aromatic carboxylic acids is 1. The molecule has 2 aromatic rings. The Bertz CT molecular complexity index is 593. The summed E-state index contributed by atoms with van der Waals surface area (Å²) in [5, 5.41) is 13.3. The molecule has 0 spiro atoms. The Morgan fingerprint density at radius 1 is 1.44 bits per heavy atom. The van der Waals surface area contributed by atoms with Crippen molar-refractivity contribution >= 4 is 17.6 Å². The van der Waals surface area contributed by atoms with Gasteiger partial charge >= 0.3 is 5.97 Å². The van der Waals surface area contributed by atoms with Crippen molar-refractivity contribution in [1.29, 1.82) is 0 Å². The smallest absolute Gasteiger partial charge is 0.357 e. The summed E-state index contributed by atoms with van der Waals surface area (Å²) in [5.41, 5.74) is 0.131. The largest absolute Gasteiger partial charge is 0.476 e. The highest BCUT2D eigenvalue weighted by Crippen LogP contribution is 2.27. The number of hydrogen-bond donors (Lipinski definition) is 1. The van der Waals surface area contributed by atoms with E-state index < -0.39 is 11.9 Å². The maximum atomic E-state index is 14.0. The van der Waals surface area contributed by atoms with Gasteiger partial charge in [-0.25, -0.2) is 9.48 Å². The highest BCUT2D eigenvalue weighted by molar-refractivity contribution is 6.30. The Labute approximate surface area is 108 Å². The van der Waals surface area contributed by atoms with Gasteiger partial charge in [0.05, 0.1) is 5.56 Å². The van der Waals surface area contributed by atoms with Gasteiger partial charge in [-0.3, -0.25) is 0 Å². The Hall–Kier alpha value is -1.88. The molecule has 1 aromatic heterocycles. The maximum Gasteiger partial charge on any atom is 0.357 e. The van der Waals surface area contributed by atoms with Crippen LogP contribution in [0.15, 0.2) is 24.3 Å². The lowest BCUT2D eigenvalue weighted by Crippen LogP contribution is -2.02. The molecule has 0 aliphatic carbocycles. The van der Waals surface area contributed by atoms with E-state index in [0.717, 1.165) is 4.68 Å². The van der Waals surface area contributed by atoms with E-state index in [2.05, 4.69) is 5.10 Å². The Kier molecular flexibility index (Phi) is 3.34. The number of rotatable bonds is 3. The normalized spacial score (nSPS) is 10.6. The standard InChI is InChI=1S/C12H10ClFN2O2/c1-2-16-11(14)9(10(15-16)12(17)18)7-3-5-8(13)6-4-7/h3-6H,2H2,1H3,(H,17,18). The number of carboxylic acid groups (broad SMARTS) is 1. The molecule has 0 aliphatic rings. The van der Waals surface area contributed by atoms with Crippen molar-refractivity contribution in [2.45, 2.75) is 13.5 Å². The van der Waals surface area contributed by atoms with Crippen LogP contribution in [-0.4, -0.2) is 20.9 Å². The third-order valence-electron chi connectivity index (χ3n) is 2.53. The van der Waals surface area contributed by atoms with Crippen LogP contribution in [0.3, 0.4) is 0 Å². The fourth-order valence-electron chi connectivity index (χ4n) is 1.67. The molecule has 0 amide bonds.